The molecule has 1 aliphatic rings. The molecular formula is C10H22NO+. The molecule has 1 aliphatic heterocycles. The van der Waals surface area contributed by atoms with Gasteiger partial charge in [0.2, 0.25) is 0 Å². The molecule has 0 saturated carbocycles. The molecule has 0 bridgehead atoms. The number of nitrogens with zero attached hydrogens (tertiary/aromatic N) is 1. The Labute approximate surface area is 76.1 Å². The predicted octanol–water partition coefficient (Wildman–Crippen LogP) is 1.65. The number of morpholine rings is 1. The van der Waals surface area contributed by atoms with Crippen LogP contribution in [-0.2, 0) is 4.74 Å². The molecule has 1 saturated heterocycles. The summed E-state index contributed by atoms with van der Waals surface area (Å²) in [6, 6.07) is 0. The van der Waals surface area contributed by atoms with Gasteiger partial charge in [-0.15, -0.1) is 0 Å². The first-order chi connectivity index (χ1) is 5.83. The van der Waals surface area contributed by atoms with E-state index in [0.717, 1.165) is 13.2 Å². The van der Waals surface area contributed by atoms with Gasteiger partial charge < -0.3 is 9.22 Å². The summed E-state index contributed by atoms with van der Waals surface area (Å²) in [6.07, 6.45) is 2.69. The van der Waals surface area contributed by atoms with Crippen LogP contribution < -0.4 is 0 Å². The zero-order chi connectivity index (χ0) is 8.86. The minimum absolute atomic E-state index is 0.970. The number of quaternary nitrogens is 1. The van der Waals surface area contributed by atoms with E-state index >= 15 is 0 Å². The summed E-state index contributed by atoms with van der Waals surface area (Å²) in [5.74, 6) is 0. The van der Waals surface area contributed by atoms with Crippen molar-refractivity contribution in [2.24, 2.45) is 0 Å². The first-order valence-corrected chi connectivity index (χ1v) is 5.26. The van der Waals surface area contributed by atoms with Gasteiger partial charge in [0.05, 0.1) is 26.3 Å². The van der Waals surface area contributed by atoms with Crippen molar-refractivity contribution in [2.45, 2.75) is 26.7 Å². The summed E-state index contributed by atoms with van der Waals surface area (Å²) in [6.45, 7) is 11.6. The number of likely N-dealkylation sites (N-methyl/N-ethyl adjacent to an activating group) is 1. The molecule has 0 unspecified atom stereocenters. The highest BCUT2D eigenvalue weighted by Crippen LogP contribution is 2.12. The standard InChI is InChI=1S/C10H22NO/c1-3-5-6-11(4-2)7-9-12-10-8-11/h3-10H2,1-2H3/q+1. The van der Waals surface area contributed by atoms with Gasteiger partial charge in [-0.1, -0.05) is 13.3 Å². The number of unbranched alkanes of at least 4 members (excludes halogenated alkanes) is 1. The second-order valence-electron chi connectivity index (χ2n) is 3.79. The van der Waals surface area contributed by atoms with Crippen LogP contribution in [-0.4, -0.2) is 43.9 Å². The molecule has 0 amide bonds. The fourth-order valence-corrected chi connectivity index (χ4v) is 1.92. The lowest BCUT2D eigenvalue weighted by molar-refractivity contribution is -0.933. The minimum atomic E-state index is 0.970. The van der Waals surface area contributed by atoms with Crippen molar-refractivity contribution in [1.82, 2.24) is 0 Å². The van der Waals surface area contributed by atoms with Crippen LogP contribution in [0.4, 0.5) is 0 Å². The van der Waals surface area contributed by atoms with E-state index in [-0.39, 0.29) is 0 Å². The van der Waals surface area contributed by atoms with Crippen molar-refractivity contribution in [2.75, 3.05) is 39.4 Å². The number of rotatable bonds is 4. The molecule has 0 atom stereocenters. The molecule has 1 fully saturated rings. The van der Waals surface area contributed by atoms with Gasteiger partial charge in [0.25, 0.3) is 0 Å². The van der Waals surface area contributed by atoms with Crippen LogP contribution in [0.3, 0.4) is 0 Å². The maximum Gasteiger partial charge on any atom is 0.102 e. The number of hydrogen-bond donors (Lipinski definition) is 0. The zero-order valence-corrected chi connectivity index (χ0v) is 8.51. The quantitative estimate of drug-likeness (QED) is 0.586. The fraction of sp³-hybridized carbons (Fsp3) is 1.00. The van der Waals surface area contributed by atoms with E-state index in [1.54, 1.807) is 0 Å². The number of hydrogen-bond acceptors (Lipinski definition) is 1. The van der Waals surface area contributed by atoms with E-state index in [4.69, 9.17) is 4.74 Å². The third-order valence-electron chi connectivity index (χ3n) is 3.08. The Morgan fingerprint density at radius 3 is 2.33 bits per heavy atom. The van der Waals surface area contributed by atoms with Gasteiger partial charge in [-0.2, -0.15) is 0 Å². The molecule has 72 valence electrons. The van der Waals surface area contributed by atoms with Gasteiger partial charge in [-0.3, -0.25) is 0 Å². The van der Waals surface area contributed by atoms with E-state index in [0.29, 0.717) is 0 Å². The Bertz CT molecular complexity index is 119. The van der Waals surface area contributed by atoms with Crippen LogP contribution in [0.15, 0.2) is 0 Å². The van der Waals surface area contributed by atoms with E-state index < -0.39 is 0 Å². The lowest BCUT2D eigenvalue weighted by Gasteiger charge is -2.40. The summed E-state index contributed by atoms with van der Waals surface area (Å²) in [7, 11) is 0. The van der Waals surface area contributed by atoms with Crippen LogP contribution in [0.2, 0.25) is 0 Å². The first kappa shape index (κ1) is 10.0. The topological polar surface area (TPSA) is 9.23 Å². The molecule has 2 nitrogen and oxygen atoms in total. The second kappa shape index (κ2) is 4.83. The van der Waals surface area contributed by atoms with Crippen molar-refractivity contribution in [1.29, 1.82) is 0 Å². The Hall–Kier alpha value is -0.0800. The second-order valence-corrected chi connectivity index (χ2v) is 3.79. The van der Waals surface area contributed by atoms with Gasteiger partial charge in [0.1, 0.15) is 13.1 Å². The number of ether oxygens (including phenoxy) is 1. The van der Waals surface area contributed by atoms with Crippen molar-refractivity contribution >= 4 is 0 Å². The van der Waals surface area contributed by atoms with E-state index in [2.05, 4.69) is 13.8 Å². The van der Waals surface area contributed by atoms with Gasteiger partial charge in [-0.05, 0) is 13.3 Å². The summed E-state index contributed by atoms with van der Waals surface area (Å²) in [5.41, 5.74) is 0. The molecule has 0 spiro atoms. The molecule has 1 heterocycles. The monoisotopic (exact) mass is 172 g/mol. The fourth-order valence-electron chi connectivity index (χ4n) is 1.92. The molecule has 0 aromatic carbocycles. The van der Waals surface area contributed by atoms with Crippen molar-refractivity contribution < 1.29 is 9.22 Å². The maximum absolute atomic E-state index is 5.39. The molecule has 0 radical (unpaired) electrons. The molecule has 2 heteroatoms. The molecular weight excluding hydrogens is 150 g/mol. The largest absolute Gasteiger partial charge is 0.370 e. The Morgan fingerprint density at radius 1 is 1.17 bits per heavy atom. The van der Waals surface area contributed by atoms with Crippen molar-refractivity contribution in [3.05, 3.63) is 0 Å². The molecule has 0 N–H and O–H groups in total. The molecule has 12 heavy (non-hydrogen) atoms. The molecule has 0 aliphatic carbocycles. The van der Waals surface area contributed by atoms with Crippen LogP contribution in [0.25, 0.3) is 0 Å². The van der Waals surface area contributed by atoms with Crippen LogP contribution in [0.1, 0.15) is 26.7 Å². The molecule has 1 rings (SSSR count). The lowest BCUT2D eigenvalue weighted by atomic mass is 10.2. The van der Waals surface area contributed by atoms with Gasteiger partial charge >= 0.3 is 0 Å². The highest BCUT2D eigenvalue weighted by Gasteiger charge is 2.27. The first-order valence-electron chi connectivity index (χ1n) is 5.26. The smallest absolute Gasteiger partial charge is 0.102 e. The Kier molecular flexibility index (Phi) is 4.02. The molecule has 0 aromatic rings. The average Bonchev–Trinajstić information content (AvgIpc) is 2.16. The predicted molar refractivity (Wildman–Crippen MR) is 51.1 cm³/mol. The third kappa shape index (κ3) is 2.46. The SMILES string of the molecule is CCCC[N+]1(CC)CCOCC1. The Morgan fingerprint density at radius 2 is 1.83 bits per heavy atom. The lowest BCUT2D eigenvalue weighted by Crippen LogP contribution is -2.55. The van der Waals surface area contributed by atoms with Crippen LogP contribution in [0.5, 0.6) is 0 Å². The highest BCUT2D eigenvalue weighted by atomic mass is 16.5. The third-order valence-corrected chi connectivity index (χ3v) is 3.08. The minimum Gasteiger partial charge on any atom is -0.370 e. The molecule has 0 aromatic heterocycles. The van der Waals surface area contributed by atoms with Crippen LogP contribution >= 0.6 is 0 Å². The summed E-state index contributed by atoms with van der Waals surface area (Å²) >= 11 is 0. The summed E-state index contributed by atoms with van der Waals surface area (Å²) in [4.78, 5) is 0. The van der Waals surface area contributed by atoms with Gasteiger partial charge in [0.15, 0.2) is 0 Å². The summed E-state index contributed by atoms with van der Waals surface area (Å²) < 4.78 is 6.69. The zero-order valence-electron chi connectivity index (χ0n) is 8.51. The van der Waals surface area contributed by atoms with E-state index in [1.165, 1.54) is 43.5 Å². The van der Waals surface area contributed by atoms with E-state index in [1.807, 2.05) is 0 Å². The van der Waals surface area contributed by atoms with Crippen molar-refractivity contribution in [3.8, 4) is 0 Å². The van der Waals surface area contributed by atoms with Crippen LogP contribution in [0, 0.1) is 0 Å². The normalized spacial score (nSPS) is 22.5. The van der Waals surface area contributed by atoms with Gasteiger partial charge in [0, 0.05) is 0 Å². The average molecular weight is 172 g/mol. The highest BCUT2D eigenvalue weighted by molar-refractivity contribution is 4.49. The van der Waals surface area contributed by atoms with Gasteiger partial charge in [-0.25, -0.2) is 0 Å². The summed E-state index contributed by atoms with van der Waals surface area (Å²) in [5, 5.41) is 0. The van der Waals surface area contributed by atoms with Crippen molar-refractivity contribution in [3.63, 3.8) is 0 Å². The maximum atomic E-state index is 5.39. The Balaban J connectivity index is 2.37. The van der Waals surface area contributed by atoms with E-state index in [9.17, 15) is 0 Å².